The molecule has 104 valence electrons. The van der Waals surface area contributed by atoms with Crippen LogP contribution < -0.4 is 10.6 Å². The molecule has 1 aromatic carbocycles. The topological polar surface area (TPSA) is 41.1 Å². The van der Waals surface area contributed by atoms with Crippen LogP contribution in [0.25, 0.3) is 0 Å². The van der Waals surface area contributed by atoms with E-state index in [-0.39, 0.29) is 23.7 Å². The highest BCUT2D eigenvalue weighted by Crippen LogP contribution is 2.30. The van der Waals surface area contributed by atoms with Gasteiger partial charge in [0.25, 0.3) is 0 Å². The summed E-state index contributed by atoms with van der Waals surface area (Å²) in [5, 5.41) is 6.02. The molecule has 0 spiro atoms. The fourth-order valence-corrected chi connectivity index (χ4v) is 2.67. The zero-order valence-corrected chi connectivity index (χ0v) is 11.5. The minimum absolute atomic E-state index is 0.0141. The Labute approximate surface area is 113 Å². The number of benzene rings is 1. The Hall–Kier alpha value is -1.42. The van der Waals surface area contributed by atoms with E-state index in [4.69, 9.17) is 0 Å². The molecule has 0 radical (unpaired) electrons. The van der Waals surface area contributed by atoms with Gasteiger partial charge in [0.1, 0.15) is 5.82 Å². The van der Waals surface area contributed by atoms with Crippen LogP contribution in [0.3, 0.4) is 0 Å². The summed E-state index contributed by atoms with van der Waals surface area (Å²) < 4.78 is 13.9. The molecule has 4 heteroatoms. The van der Waals surface area contributed by atoms with Gasteiger partial charge >= 0.3 is 0 Å². The van der Waals surface area contributed by atoms with E-state index < -0.39 is 0 Å². The summed E-state index contributed by atoms with van der Waals surface area (Å²) in [5.41, 5.74) is 1.81. The lowest BCUT2D eigenvalue weighted by Gasteiger charge is -2.30. The predicted molar refractivity (Wildman–Crippen MR) is 73.6 cm³/mol. The second kappa shape index (κ2) is 6.15. The Morgan fingerprint density at radius 2 is 2.32 bits per heavy atom. The molecule has 2 atom stereocenters. The van der Waals surface area contributed by atoms with Gasteiger partial charge in [-0.05, 0) is 50.8 Å². The molecule has 0 aromatic heterocycles. The molecular formula is C15H21FN2O. The van der Waals surface area contributed by atoms with Crippen LogP contribution in [0.2, 0.25) is 0 Å². The number of rotatable bonds is 3. The molecular weight excluding hydrogens is 243 g/mol. The molecule has 1 aliphatic rings. The maximum Gasteiger partial charge on any atom is 0.237 e. The first-order chi connectivity index (χ1) is 9.11. The standard InChI is InChI=1S/C15H21FN2O/c1-3-17-15(19)14-9-11(6-7-18-14)12-8-10(2)4-5-13(12)16/h4-5,8,11,14,18H,3,6-7,9H2,1-2H3,(H,17,19). The third-order valence-corrected chi connectivity index (χ3v) is 3.66. The number of halogens is 1. The molecule has 1 fully saturated rings. The van der Waals surface area contributed by atoms with Crippen molar-refractivity contribution >= 4 is 5.91 Å². The van der Waals surface area contributed by atoms with Crippen molar-refractivity contribution in [2.24, 2.45) is 0 Å². The minimum atomic E-state index is -0.210. The molecule has 2 N–H and O–H groups in total. The van der Waals surface area contributed by atoms with E-state index in [1.165, 1.54) is 6.07 Å². The van der Waals surface area contributed by atoms with E-state index >= 15 is 0 Å². The second-order valence-corrected chi connectivity index (χ2v) is 5.15. The average Bonchev–Trinajstić information content (AvgIpc) is 2.42. The Bertz CT molecular complexity index is 461. The molecule has 1 aliphatic heterocycles. The van der Waals surface area contributed by atoms with Gasteiger partial charge in [-0.15, -0.1) is 0 Å². The van der Waals surface area contributed by atoms with Gasteiger partial charge < -0.3 is 10.6 Å². The first-order valence-electron chi connectivity index (χ1n) is 6.89. The largest absolute Gasteiger partial charge is 0.355 e. The van der Waals surface area contributed by atoms with Crippen LogP contribution in [0.15, 0.2) is 18.2 Å². The van der Waals surface area contributed by atoms with Gasteiger partial charge in [0.2, 0.25) is 5.91 Å². The molecule has 1 saturated heterocycles. The zero-order valence-electron chi connectivity index (χ0n) is 11.5. The maximum atomic E-state index is 13.9. The summed E-state index contributed by atoms with van der Waals surface area (Å²) in [6.45, 7) is 5.24. The predicted octanol–water partition coefficient (Wildman–Crippen LogP) is 2.11. The van der Waals surface area contributed by atoms with Crippen molar-refractivity contribution in [2.75, 3.05) is 13.1 Å². The molecule has 0 bridgehead atoms. The van der Waals surface area contributed by atoms with E-state index in [1.807, 2.05) is 19.9 Å². The summed E-state index contributed by atoms with van der Waals surface area (Å²) in [6.07, 6.45) is 1.53. The highest BCUT2D eigenvalue weighted by atomic mass is 19.1. The molecule has 0 saturated carbocycles. The molecule has 3 nitrogen and oxygen atoms in total. The van der Waals surface area contributed by atoms with Crippen molar-refractivity contribution in [2.45, 2.75) is 38.6 Å². The lowest BCUT2D eigenvalue weighted by molar-refractivity contribution is -0.123. The molecule has 1 heterocycles. The van der Waals surface area contributed by atoms with E-state index in [1.54, 1.807) is 6.07 Å². The van der Waals surface area contributed by atoms with Gasteiger partial charge in [-0.3, -0.25) is 4.79 Å². The number of likely N-dealkylation sites (N-methyl/N-ethyl adjacent to an activating group) is 1. The van der Waals surface area contributed by atoms with Crippen LogP contribution in [-0.2, 0) is 4.79 Å². The quantitative estimate of drug-likeness (QED) is 0.878. The third kappa shape index (κ3) is 3.32. The van der Waals surface area contributed by atoms with Crippen LogP contribution in [0, 0.1) is 12.7 Å². The van der Waals surface area contributed by atoms with Crippen molar-refractivity contribution in [1.82, 2.24) is 10.6 Å². The number of aryl methyl sites for hydroxylation is 1. The number of carbonyl (C=O) groups is 1. The highest BCUT2D eigenvalue weighted by molar-refractivity contribution is 5.81. The van der Waals surface area contributed by atoms with Gasteiger partial charge in [-0.2, -0.15) is 0 Å². The molecule has 1 aromatic rings. The summed E-state index contributed by atoms with van der Waals surface area (Å²) in [4.78, 5) is 11.9. The van der Waals surface area contributed by atoms with Crippen LogP contribution in [0.1, 0.15) is 36.8 Å². The second-order valence-electron chi connectivity index (χ2n) is 5.15. The summed E-state index contributed by atoms with van der Waals surface area (Å²) in [5.74, 6) is -0.0267. The Morgan fingerprint density at radius 3 is 3.05 bits per heavy atom. The average molecular weight is 264 g/mol. The molecule has 19 heavy (non-hydrogen) atoms. The lowest BCUT2D eigenvalue weighted by Crippen LogP contribution is -2.48. The van der Waals surface area contributed by atoms with Crippen LogP contribution in [0.4, 0.5) is 4.39 Å². The smallest absolute Gasteiger partial charge is 0.237 e. The molecule has 2 unspecified atom stereocenters. The number of hydrogen-bond acceptors (Lipinski definition) is 2. The maximum absolute atomic E-state index is 13.9. The fourth-order valence-electron chi connectivity index (χ4n) is 2.67. The van der Waals surface area contributed by atoms with Gasteiger partial charge in [-0.1, -0.05) is 17.7 Å². The molecule has 1 amide bonds. The van der Waals surface area contributed by atoms with Crippen LogP contribution in [-0.4, -0.2) is 25.0 Å². The summed E-state index contributed by atoms with van der Waals surface area (Å²) in [7, 11) is 0. The van der Waals surface area contributed by atoms with Gasteiger partial charge in [0, 0.05) is 6.54 Å². The number of carbonyl (C=O) groups excluding carboxylic acids is 1. The molecule has 2 rings (SSSR count). The highest BCUT2D eigenvalue weighted by Gasteiger charge is 2.28. The Kier molecular flexibility index (Phi) is 4.53. The SMILES string of the molecule is CCNC(=O)C1CC(c2cc(C)ccc2F)CCN1. The van der Waals surface area contributed by atoms with Crippen molar-refractivity contribution < 1.29 is 9.18 Å². The fraction of sp³-hybridized carbons (Fsp3) is 0.533. The van der Waals surface area contributed by atoms with Crippen LogP contribution >= 0.6 is 0 Å². The van der Waals surface area contributed by atoms with Crippen molar-refractivity contribution in [3.8, 4) is 0 Å². The van der Waals surface area contributed by atoms with Gasteiger partial charge in [-0.25, -0.2) is 4.39 Å². The van der Waals surface area contributed by atoms with E-state index in [9.17, 15) is 9.18 Å². The van der Waals surface area contributed by atoms with Crippen LogP contribution in [0.5, 0.6) is 0 Å². The van der Waals surface area contributed by atoms with E-state index in [0.717, 1.165) is 24.1 Å². The monoisotopic (exact) mass is 264 g/mol. The van der Waals surface area contributed by atoms with Gasteiger partial charge in [0.05, 0.1) is 6.04 Å². The lowest BCUT2D eigenvalue weighted by atomic mass is 9.85. The van der Waals surface area contributed by atoms with Crippen molar-refractivity contribution in [3.05, 3.63) is 35.1 Å². The number of amides is 1. The Morgan fingerprint density at radius 1 is 1.53 bits per heavy atom. The van der Waals surface area contributed by atoms with Gasteiger partial charge in [0.15, 0.2) is 0 Å². The minimum Gasteiger partial charge on any atom is -0.355 e. The molecule has 0 aliphatic carbocycles. The Balaban J connectivity index is 2.12. The van der Waals surface area contributed by atoms with E-state index in [0.29, 0.717) is 13.0 Å². The summed E-state index contributed by atoms with van der Waals surface area (Å²) in [6, 6.07) is 4.99. The first-order valence-corrected chi connectivity index (χ1v) is 6.89. The number of piperidine rings is 1. The number of hydrogen-bond donors (Lipinski definition) is 2. The summed E-state index contributed by atoms with van der Waals surface area (Å²) >= 11 is 0. The number of nitrogens with one attached hydrogen (secondary N) is 2. The third-order valence-electron chi connectivity index (χ3n) is 3.66. The normalized spacial score (nSPS) is 23.1. The van der Waals surface area contributed by atoms with Crippen molar-refractivity contribution in [3.63, 3.8) is 0 Å². The van der Waals surface area contributed by atoms with E-state index in [2.05, 4.69) is 10.6 Å². The first kappa shape index (κ1) is 14.0. The zero-order chi connectivity index (χ0) is 13.8. The van der Waals surface area contributed by atoms with Crippen molar-refractivity contribution in [1.29, 1.82) is 0 Å².